The first-order valence-corrected chi connectivity index (χ1v) is 6.82. The van der Waals surface area contributed by atoms with Crippen LogP contribution in [0.3, 0.4) is 0 Å². The molecule has 0 saturated heterocycles. The van der Waals surface area contributed by atoms with Crippen molar-refractivity contribution in [3.8, 4) is 0 Å². The largest absolute Gasteiger partial charge is 1.00 e. The van der Waals surface area contributed by atoms with Crippen molar-refractivity contribution in [2.75, 3.05) is 0 Å². The average molecular weight is 204 g/mol. The van der Waals surface area contributed by atoms with Crippen LogP contribution in [0.15, 0.2) is 60.7 Å². The molecule has 0 aromatic heterocycles. The molecule has 0 nitrogen and oxygen atoms in total. The normalized spacial score (nSPS) is 9.13. The molecule has 2 aromatic rings. The summed E-state index contributed by atoms with van der Waals surface area (Å²) >= 11 is 0. The molecule has 2 rings (SSSR count). The molecule has 0 spiro atoms. The van der Waals surface area contributed by atoms with Crippen molar-refractivity contribution in [1.82, 2.24) is 0 Å². The Kier molecular flexibility index (Phi) is 4.91. The third-order valence-corrected chi connectivity index (χ3v) is 4.81. The molecule has 0 aliphatic carbocycles. The Morgan fingerprint density at radius 1 is 0.667 bits per heavy atom. The summed E-state index contributed by atoms with van der Waals surface area (Å²) in [6, 6.07) is 21.5. The molecular weight excluding hydrogens is 191 g/mol. The number of benzene rings is 2. The van der Waals surface area contributed by atoms with Gasteiger partial charge in [-0.3, -0.25) is 8.80 Å². The quantitative estimate of drug-likeness (QED) is 0.547. The van der Waals surface area contributed by atoms with Gasteiger partial charge in [-0.1, -0.05) is 60.7 Å². The van der Waals surface area contributed by atoms with Gasteiger partial charge in [-0.2, -0.15) is 16.9 Å². The minimum Gasteiger partial charge on any atom is -0.255 e. The molecule has 0 radical (unpaired) electrons. The molecule has 0 N–H and O–H groups in total. The summed E-state index contributed by atoms with van der Waals surface area (Å²) < 4.78 is 0. The van der Waals surface area contributed by atoms with E-state index in [1.165, 1.54) is 10.4 Å². The molecular formula is C13H13LiSi. The van der Waals surface area contributed by atoms with Crippen LogP contribution < -0.4 is 29.2 Å². The van der Waals surface area contributed by atoms with E-state index in [0.29, 0.717) is 0 Å². The zero-order chi connectivity index (χ0) is 9.80. The molecule has 0 amide bonds. The first-order chi connectivity index (χ1) is 6.88. The molecule has 0 aliphatic heterocycles. The zero-order valence-corrected chi connectivity index (χ0v) is 10.3. The molecule has 0 bridgehead atoms. The van der Waals surface area contributed by atoms with Crippen LogP contribution >= 0.6 is 0 Å². The van der Waals surface area contributed by atoms with Gasteiger partial charge in [0.15, 0.2) is 0 Å². The molecule has 70 valence electrons. The monoisotopic (exact) mass is 204 g/mol. The molecule has 2 heteroatoms. The molecule has 0 heterocycles. The summed E-state index contributed by atoms with van der Waals surface area (Å²) in [5.41, 5.74) is 0. The standard InChI is InChI=1S/C13H13Si.Li/c1-14(12-8-4-2-5-9-12)13-10-6-3-7-11-13;/h2-11H,1H3;/q-1;+1. The second kappa shape index (κ2) is 5.97. The first kappa shape index (κ1) is 12.3. The minimum absolute atomic E-state index is 0. The smallest absolute Gasteiger partial charge is 0.255 e. The topological polar surface area (TPSA) is 0 Å². The van der Waals surface area contributed by atoms with Crippen molar-refractivity contribution >= 4 is 19.2 Å². The first-order valence-electron chi connectivity index (χ1n) is 4.82. The predicted molar refractivity (Wildman–Crippen MR) is 63.8 cm³/mol. The van der Waals surface area contributed by atoms with Gasteiger partial charge >= 0.3 is 18.9 Å². The number of hydrogen-bond acceptors (Lipinski definition) is 0. The summed E-state index contributed by atoms with van der Waals surface area (Å²) in [6.07, 6.45) is 0. The van der Waals surface area contributed by atoms with Gasteiger partial charge in [0, 0.05) is 0 Å². The van der Waals surface area contributed by atoms with Gasteiger partial charge < -0.3 is 0 Å². The van der Waals surface area contributed by atoms with E-state index in [9.17, 15) is 0 Å². The van der Waals surface area contributed by atoms with Gasteiger partial charge in [-0.15, -0.1) is 0 Å². The zero-order valence-electron chi connectivity index (χ0n) is 9.27. The molecule has 0 aliphatic rings. The van der Waals surface area contributed by atoms with Crippen LogP contribution in [-0.4, -0.2) is 8.80 Å². The fourth-order valence-electron chi connectivity index (χ4n) is 1.54. The van der Waals surface area contributed by atoms with E-state index in [0.717, 1.165) is 0 Å². The van der Waals surface area contributed by atoms with Crippen molar-refractivity contribution in [1.29, 1.82) is 0 Å². The van der Waals surface area contributed by atoms with E-state index in [2.05, 4.69) is 67.2 Å². The van der Waals surface area contributed by atoms with Crippen LogP contribution in [0.4, 0.5) is 0 Å². The van der Waals surface area contributed by atoms with Crippen LogP contribution in [0.1, 0.15) is 0 Å². The summed E-state index contributed by atoms with van der Waals surface area (Å²) in [5, 5.41) is 2.95. The van der Waals surface area contributed by atoms with Crippen molar-refractivity contribution < 1.29 is 18.9 Å². The Balaban J connectivity index is 0.00000112. The van der Waals surface area contributed by atoms with Gasteiger partial charge in [0.2, 0.25) is 0 Å². The summed E-state index contributed by atoms with van der Waals surface area (Å²) in [4.78, 5) is 0. The van der Waals surface area contributed by atoms with Crippen LogP contribution in [0.5, 0.6) is 0 Å². The third kappa shape index (κ3) is 3.10. The van der Waals surface area contributed by atoms with Gasteiger partial charge in [0.25, 0.3) is 0 Å². The van der Waals surface area contributed by atoms with Crippen LogP contribution in [-0.2, 0) is 0 Å². The molecule has 0 unspecified atom stereocenters. The SMILES string of the molecule is C[Si-](c1ccccc1)c1ccccc1.[Li+]. The van der Waals surface area contributed by atoms with Crippen LogP contribution in [0, 0.1) is 0 Å². The average Bonchev–Trinajstić information content (AvgIpc) is 2.30. The maximum absolute atomic E-state index is 2.34. The number of hydrogen-bond donors (Lipinski definition) is 0. The fraction of sp³-hybridized carbons (Fsp3) is 0.0769. The minimum atomic E-state index is -0.545. The van der Waals surface area contributed by atoms with Crippen molar-refractivity contribution in [2.45, 2.75) is 6.55 Å². The molecule has 0 atom stereocenters. The Morgan fingerprint density at radius 3 is 1.33 bits per heavy atom. The van der Waals surface area contributed by atoms with E-state index in [-0.39, 0.29) is 18.9 Å². The van der Waals surface area contributed by atoms with Crippen molar-refractivity contribution in [3.05, 3.63) is 60.7 Å². The van der Waals surface area contributed by atoms with Crippen molar-refractivity contribution in [3.63, 3.8) is 0 Å². The third-order valence-electron chi connectivity index (χ3n) is 2.41. The van der Waals surface area contributed by atoms with E-state index < -0.39 is 8.80 Å². The summed E-state index contributed by atoms with van der Waals surface area (Å²) in [7, 11) is -0.545. The Labute approximate surface area is 105 Å². The van der Waals surface area contributed by atoms with Crippen LogP contribution in [0.25, 0.3) is 0 Å². The maximum Gasteiger partial charge on any atom is 1.00 e. The Bertz CT molecular complexity index is 346. The molecule has 2 aromatic carbocycles. The van der Waals surface area contributed by atoms with Gasteiger partial charge in [-0.25, -0.2) is 0 Å². The van der Waals surface area contributed by atoms with Gasteiger partial charge in [0.1, 0.15) is 0 Å². The van der Waals surface area contributed by atoms with Crippen LogP contribution in [0.2, 0.25) is 6.55 Å². The van der Waals surface area contributed by atoms with E-state index in [1.807, 2.05) is 0 Å². The molecule has 15 heavy (non-hydrogen) atoms. The van der Waals surface area contributed by atoms with E-state index in [1.54, 1.807) is 0 Å². The Hall–Kier alpha value is -0.746. The summed E-state index contributed by atoms with van der Waals surface area (Å²) in [6.45, 7) is 2.34. The predicted octanol–water partition coefficient (Wildman–Crippen LogP) is -1.07. The summed E-state index contributed by atoms with van der Waals surface area (Å²) in [5.74, 6) is 0. The number of rotatable bonds is 2. The molecule has 0 saturated carbocycles. The van der Waals surface area contributed by atoms with Gasteiger partial charge in [-0.05, 0) is 0 Å². The van der Waals surface area contributed by atoms with Gasteiger partial charge in [0.05, 0.1) is 0 Å². The van der Waals surface area contributed by atoms with E-state index >= 15 is 0 Å². The second-order valence-corrected chi connectivity index (χ2v) is 5.76. The molecule has 0 fully saturated rings. The second-order valence-electron chi connectivity index (χ2n) is 3.36. The van der Waals surface area contributed by atoms with Crippen molar-refractivity contribution in [2.24, 2.45) is 0 Å². The van der Waals surface area contributed by atoms with E-state index in [4.69, 9.17) is 0 Å². The maximum atomic E-state index is 2.34. The Morgan fingerprint density at radius 2 is 1.00 bits per heavy atom. The fourth-order valence-corrected chi connectivity index (χ4v) is 3.26.